The zero-order valence-electron chi connectivity index (χ0n) is 7.29. The number of aromatic nitrogens is 1. The highest BCUT2D eigenvalue weighted by Crippen LogP contribution is 2.15. The van der Waals surface area contributed by atoms with E-state index >= 15 is 0 Å². The van der Waals surface area contributed by atoms with Crippen molar-refractivity contribution in [2.24, 2.45) is 4.99 Å². The first-order valence-electron chi connectivity index (χ1n) is 4.07. The van der Waals surface area contributed by atoms with Gasteiger partial charge in [-0.05, 0) is 17.7 Å². The van der Waals surface area contributed by atoms with Gasteiger partial charge < -0.3 is 5.11 Å². The minimum absolute atomic E-state index is 0.244. The molecular weight excluding hydrogens is 196 g/mol. The van der Waals surface area contributed by atoms with Crippen LogP contribution in [0.4, 0.5) is 5.13 Å². The van der Waals surface area contributed by atoms with E-state index in [1.165, 1.54) is 11.3 Å². The second-order valence-corrected chi connectivity index (χ2v) is 3.54. The molecule has 3 nitrogen and oxygen atoms in total. The molecule has 0 aliphatic rings. The molecular formula is C10H8N2OS. The summed E-state index contributed by atoms with van der Waals surface area (Å²) in [6, 6.07) is 6.92. The van der Waals surface area contributed by atoms with E-state index in [1.54, 1.807) is 30.6 Å². The van der Waals surface area contributed by atoms with Gasteiger partial charge in [-0.15, -0.1) is 11.3 Å². The monoisotopic (exact) mass is 204 g/mol. The van der Waals surface area contributed by atoms with Gasteiger partial charge in [-0.1, -0.05) is 12.1 Å². The number of rotatable bonds is 2. The zero-order chi connectivity index (χ0) is 9.80. The fourth-order valence-electron chi connectivity index (χ4n) is 1.01. The van der Waals surface area contributed by atoms with Crippen molar-refractivity contribution in [1.29, 1.82) is 0 Å². The maximum absolute atomic E-state index is 9.20. The molecule has 0 amide bonds. The summed E-state index contributed by atoms with van der Waals surface area (Å²) >= 11 is 1.47. The Labute approximate surface area is 85.4 Å². The van der Waals surface area contributed by atoms with E-state index in [-0.39, 0.29) is 5.75 Å². The highest BCUT2D eigenvalue weighted by Gasteiger charge is 1.91. The number of benzene rings is 1. The smallest absolute Gasteiger partial charge is 0.208 e. The minimum atomic E-state index is 0.244. The van der Waals surface area contributed by atoms with Gasteiger partial charge in [0.2, 0.25) is 5.13 Å². The first-order valence-corrected chi connectivity index (χ1v) is 4.95. The lowest BCUT2D eigenvalue weighted by molar-refractivity contribution is 0.475. The molecule has 1 heterocycles. The summed E-state index contributed by atoms with van der Waals surface area (Å²) in [6.45, 7) is 0. The Balaban J connectivity index is 2.18. The maximum atomic E-state index is 9.20. The van der Waals surface area contributed by atoms with E-state index < -0.39 is 0 Å². The number of phenolic OH excluding ortho intramolecular Hbond substituents is 1. The summed E-state index contributed by atoms with van der Waals surface area (Å²) in [5, 5.41) is 11.8. The Kier molecular flexibility index (Phi) is 2.55. The van der Waals surface area contributed by atoms with Crippen LogP contribution in [0.25, 0.3) is 0 Å². The molecule has 0 unspecified atom stereocenters. The predicted molar refractivity (Wildman–Crippen MR) is 57.5 cm³/mol. The number of hydrogen-bond donors (Lipinski definition) is 1. The van der Waals surface area contributed by atoms with Gasteiger partial charge >= 0.3 is 0 Å². The van der Waals surface area contributed by atoms with E-state index in [0.717, 1.165) is 5.56 Å². The molecule has 0 radical (unpaired) electrons. The van der Waals surface area contributed by atoms with Gasteiger partial charge in [-0.2, -0.15) is 0 Å². The third-order valence-electron chi connectivity index (χ3n) is 1.61. The van der Waals surface area contributed by atoms with Gasteiger partial charge in [0.05, 0.1) is 0 Å². The summed E-state index contributed by atoms with van der Waals surface area (Å²) in [7, 11) is 0. The molecule has 1 N–H and O–H groups in total. The summed E-state index contributed by atoms with van der Waals surface area (Å²) in [5.41, 5.74) is 0.861. The van der Waals surface area contributed by atoms with E-state index in [4.69, 9.17) is 0 Å². The molecule has 0 fully saturated rings. The van der Waals surface area contributed by atoms with E-state index in [1.807, 2.05) is 11.4 Å². The summed E-state index contributed by atoms with van der Waals surface area (Å²) < 4.78 is 0. The fourth-order valence-corrected chi connectivity index (χ4v) is 1.49. The maximum Gasteiger partial charge on any atom is 0.208 e. The molecule has 0 saturated heterocycles. The lowest BCUT2D eigenvalue weighted by Gasteiger charge is -1.92. The highest BCUT2D eigenvalue weighted by atomic mass is 32.1. The van der Waals surface area contributed by atoms with Gasteiger partial charge in [-0.25, -0.2) is 9.98 Å². The van der Waals surface area contributed by atoms with Crippen molar-refractivity contribution < 1.29 is 5.11 Å². The van der Waals surface area contributed by atoms with Crippen molar-refractivity contribution in [3.8, 4) is 5.75 Å². The number of thiazole rings is 1. The van der Waals surface area contributed by atoms with Gasteiger partial charge in [-0.3, -0.25) is 0 Å². The first-order chi connectivity index (χ1) is 6.84. The molecule has 0 aliphatic heterocycles. The van der Waals surface area contributed by atoms with Crippen LogP contribution in [-0.2, 0) is 0 Å². The largest absolute Gasteiger partial charge is 0.508 e. The number of aromatic hydroxyl groups is 1. The van der Waals surface area contributed by atoms with Crippen LogP contribution >= 0.6 is 11.3 Å². The normalized spacial score (nSPS) is 10.9. The summed E-state index contributed by atoms with van der Waals surface area (Å²) in [6.07, 6.45) is 3.39. The molecule has 14 heavy (non-hydrogen) atoms. The van der Waals surface area contributed by atoms with Crippen LogP contribution < -0.4 is 0 Å². The Hall–Kier alpha value is -1.68. The average molecular weight is 204 g/mol. The van der Waals surface area contributed by atoms with Gasteiger partial charge in [0.15, 0.2) is 0 Å². The van der Waals surface area contributed by atoms with Crippen LogP contribution in [0.3, 0.4) is 0 Å². The van der Waals surface area contributed by atoms with Crippen LogP contribution in [-0.4, -0.2) is 16.3 Å². The summed E-state index contributed by atoms with van der Waals surface area (Å²) in [4.78, 5) is 8.16. The third-order valence-corrected chi connectivity index (χ3v) is 2.29. The van der Waals surface area contributed by atoms with E-state index in [2.05, 4.69) is 9.98 Å². The lowest BCUT2D eigenvalue weighted by atomic mass is 10.2. The molecule has 4 heteroatoms. The van der Waals surface area contributed by atoms with Gasteiger partial charge in [0, 0.05) is 17.8 Å². The van der Waals surface area contributed by atoms with Gasteiger partial charge in [0.1, 0.15) is 5.75 Å². The van der Waals surface area contributed by atoms with Crippen molar-refractivity contribution in [3.63, 3.8) is 0 Å². The summed E-state index contributed by atoms with van der Waals surface area (Å²) in [5.74, 6) is 0.244. The molecule has 0 bridgehead atoms. The predicted octanol–water partition coefficient (Wildman–Crippen LogP) is 2.60. The van der Waals surface area contributed by atoms with Crippen LogP contribution in [0.2, 0.25) is 0 Å². The van der Waals surface area contributed by atoms with Crippen LogP contribution in [0.5, 0.6) is 5.75 Å². The standard InChI is InChI=1S/C10H8N2OS/c13-9-3-1-2-8(6-9)7-12-10-11-4-5-14-10/h1-7,13H/b12-7-. The van der Waals surface area contributed by atoms with E-state index in [0.29, 0.717) is 5.13 Å². The quantitative estimate of drug-likeness (QED) is 0.764. The topological polar surface area (TPSA) is 45.5 Å². The second kappa shape index (κ2) is 4.02. The van der Waals surface area contributed by atoms with E-state index in [9.17, 15) is 5.11 Å². The van der Waals surface area contributed by atoms with Gasteiger partial charge in [0.25, 0.3) is 0 Å². The van der Waals surface area contributed by atoms with Crippen molar-refractivity contribution >= 4 is 22.7 Å². The number of hydrogen-bond acceptors (Lipinski definition) is 4. The number of nitrogens with zero attached hydrogens (tertiary/aromatic N) is 2. The molecule has 2 rings (SSSR count). The Morgan fingerprint density at radius 1 is 1.43 bits per heavy atom. The Morgan fingerprint density at radius 3 is 3.07 bits per heavy atom. The first kappa shape index (κ1) is 8.90. The second-order valence-electron chi connectivity index (χ2n) is 2.67. The van der Waals surface area contributed by atoms with Crippen molar-refractivity contribution in [1.82, 2.24) is 4.98 Å². The van der Waals surface area contributed by atoms with Crippen LogP contribution in [0.15, 0.2) is 40.8 Å². The third kappa shape index (κ3) is 2.17. The SMILES string of the molecule is Oc1cccc(/C=N\c2nccs2)c1. The van der Waals surface area contributed by atoms with Crippen molar-refractivity contribution in [3.05, 3.63) is 41.4 Å². The average Bonchev–Trinajstić information content (AvgIpc) is 2.67. The number of aliphatic imine (C=N–C) groups is 1. The molecule has 1 aromatic heterocycles. The van der Waals surface area contributed by atoms with Crippen molar-refractivity contribution in [2.45, 2.75) is 0 Å². The molecule has 70 valence electrons. The lowest BCUT2D eigenvalue weighted by Crippen LogP contribution is -1.78. The Morgan fingerprint density at radius 2 is 2.36 bits per heavy atom. The molecule has 0 aliphatic carbocycles. The van der Waals surface area contributed by atoms with Crippen LogP contribution in [0.1, 0.15) is 5.56 Å². The molecule has 1 aromatic carbocycles. The fraction of sp³-hybridized carbons (Fsp3) is 0. The molecule has 0 atom stereocenters. The minimum Gasteiger partial charge on any atom is -0.508 e. The molecule has 2 aromatic rings. The molecule has 0 saturated carbocycles. The van der Waals surface area contributed by atoms with Crippen molar-refractivity contribution in [2.75, 3.05) is 0 Å². The zero-order valence-corrected chi connectivity index (χ0v) is 8.11. The van der Waals surface area contributed by atoms with Crippen LogP contribution in [0, 0.1) is 0 Å². The molecule has 0 spiro atoms. The Bertz CT molecular complexity index is 437. The highest BCUT2D eigenvalue weighted by molar-refractivity contribution is 7.13. The number of phenols is 1.